The number of carbonyl (C=O) groups excluding carboxylic acids is 1. The van der Waals surface area contributed by atoms with Gasteiger partial charge in [-0.2, -0.15) is 0 Å². The SMILES string of the molecule is Cc1cc(C(=O)NC[C@H]2CCOCO2)c(C)n1[C@H](C)c1ccccc1. The summed E-state index contributed by atoms with van der Waals surface area (Å²) in [4.78, 5) is 12.6. The van der Waals surface area contributed by atoms with Crippen LogP contribution in [-0.4, -0.2) is 36.5 Å². The summed E-state index contributed by atoms with van der Waals surface area (Å²) < 4.78 is 12.9. The molecule has 0 aliphatic carbocycles. The molecule has 1 saturated heterocycles. The van der Waals surface area contributed by atoms with Crippen LogP contribution in [0, 0.1) is 13.8 Å². The molecule has 1 N–H and O–H groups in total. The second kappa shape index (κ2) is 7.85. The van der Waals surface area contributed by atoms with Gasteiger partial charge in [0, 0.05) is 17.9 Å². The third kappa shape index (κ3) is 3.94. The molecule has 1 aromatic carbocycles. The molecule has 3 rings (SSSR count). The molecule has 5 heteroatoms. The molecule has 1 amide bonds. The molecule has 25 heavy (non-hydrogen) atoms. The van der Waals surface area contributed by atoms with Crippen LogP contribution in [0.5, 0.6) is 0 Å². The van der Waals surface area contributed by atoms with Gasteiger partial charge >= 0.3 is 0 Å². The maximum Gasteiger partial charge on any atom is 0.253 e. The molecule has 2 heterocycles. The van der Waals surface area contributed by atoms with Crippen LogP contribution in [0.25, 0.3) is 0 Å². The zero-order chi connectivity index (χ0) is 17.8. The average molecular weight is 342 g/mol. The van der Waals surface area contributed by atoms with Crippen LogP contribution in [0.15, 0.2) is 36.4 Å². The number of hydrogen-bond donors (Lipinski definition) is 1. The second-order valence-corrected chi connectivity index (χ2v) is 6.55. The predicted octanol–water partition coefficient (Wildman–Crippen LogP) is 3.21. The number of nitrogens with one attached hydrogen (secondary N) is 1. The van der Waals surface area contributed by atoms with Crippen molar-refractivity contribution in [2.75, 3.05) is 19.9 Å². The van der Waals surface area contributed by atoms with Gasteiger partial charge in [0.05, 0.1) is 24.3 Å². The third-order valence-corrected chi connectivity index (χ3v) is 4.86. The Morgan fingerprint density at radius 3 is 2.76 bits per heavy atom. The summed E-state index contributed by atoms with van der Waals surface area (Å²) in [6.45, 7) is 7.72. The van der Waals surface area contributed by atoms with Crippen molar-refractivity contribution in [3.8, 4) is 0 Å². The van der Waals surface area contributed by atoms with Crippen LogP contribution in [0.3, 0.4) is 0 Å². The lowest BCUT2D eigenvalue weighted by molar-refractivity contribution is -0.136. The topological polar surface area (TPSA) is 52.5 Å². The zero-order valence-corrected chi connectivity index (χ0v) is 15.1. The Balaban J connectivity index is 1.73. The van der Waals surface area contributed by atoms with Gasteiger partial charge in [-0.15, -0.1) is 0 Å². The molecule has 5 nitrogen and oxygen atoms in total. The molecule has 134 valence electrons. The summed E-state index contributed by atoms with van der Waals surface area (Å²) in [6, 6.07) is 12.5. The van der Waals surface area contributed by atoms with E-state index in [0.29, 0.717) is 19.9 Å². The monoisotopic (exact) mass is 342 g/mol. The van der Waals surface area contributed by atoms with Crippen molar-refractivity contribution >= 4 is 5.91 Å². The second-order valence-electron chi connectivity index (χ2n) is 6.55. The lowest BCUT2D eigenvalue weighted by Crippen LogP contribution is -2.37. The van der Waals surface area contributed by atoms with Crippen molar-refractivity contribution in [3.63, 3.8) is 0 Å². The van der Waals surface area contributed by atoms with Crippen molar-refractivity contribution < 1.29 is 14.3 Å². The number of rotatable bonds is 5. The first-order chi connectivity index (χ1) is 12.1. The van der Waals surface area contributed by atoms with Gasteiger partial charge in [0.1, 0.15) is 6.79 Å². The fourth-order valence-corrected chi connectivity index (χ4v) is 3.45. The highest BCUT2D eigenvalue weighted by atomic mass is 16.7. The predicted molar refractivity (Wildman–Crippen MR) is 96.8 cm³/mol. The van der Waals surface area contributed by atoms with Crippen molar-refractivity contribution in [2.24, 2.45) is 0 Å². The molecule has 1 fully saturated rings. The Morgan fingerprint density at radius 1 is 1.32 bits per heavy atom. The smallest absolute Gasteiger partial charge is 0.253 e. The van der Waals surface area contributed by atoms with Gasteiger partial charge in [-0.05, 0) is 38.8 Å². The Morgan fingerprint density at radius 2 is 2.08 bits per heavy atom. The maximum absolute atomic E-state index is 12.6. The number of benzene rings is 1. The number of ether oxygens (including phenoxy) is 2. The molecular formula is C20H26N2O3. The first-order valence-electron chi connectivity index (χ1n) is 8.79. The van der Waals surface area contributed by atoms with Gasteiger partial charge in [0.25, 0.3) is 5.91 Å². The number of aryl methyl sites for hydroxylation is 1. The Bertz CT molecular complexity index is 718. The van der Waals surface area contributed by atoms with E-state index in [0.717, 1.165) is 23.4 Å². The van der Waals surface area contributed by atoms with Crippen LogP contribution in [0.1, 0.15) is 46.7 Å². The number of hydrogen-bond acceptors (Lipinski definition) is 3. The first-order valence-corrected chi connectivity index (χ1v) is 8.79. The van der Waals surface area contributed by atoms with E-state index in [9.17, 15) is 4.79 Å². The molecule has 1 aliphatic heterocycles. The van der Waals surface area contributed by atoms with E-state index in [1.54, 1.807) is 0 Å². The van der Waals surface area contributed by atoms with Crippen LogP contribution < -0.4 is 5.32 Å². The molecule has 1 aliphatic rings. The Kier molecular flexibility index (Phi) is 5.56. The third-order valence-electron chi connectivity index (χ3n) is 4.86. The van der Waals surface area contributed by atoms with Gasteiger partial charge in [0.2, 0.25) is 0 Å². The molecule has 2 aromatic rings. The minimum absolute atomic E-state index is 0.0319. The van der Waals surface area contributed by atoms with Gasteiger partial charge in [0.15, 0.2) is 0 Å². The van der Waals surface area contributed by atoms with Crippen molar-refractivity contribution in [1.82, 2.24) is 9.88 Å². The summed E-state index contributed by atoms with van der Waals surface area (Å²) in [6.07, 6.45) is 0.842. The summed E-state index contributed by atoms with van der Waals surface area (Å²) >= 11 is 0. The fraction of sp³-hybridized carbons (Fsp3) is 0.450. The highest BCUT2D eigenvalue weighted by Gasteiger charge is 2.21. The Labute approximate surface area is 148 Å². The van der Waals surface area contributed by atoms with E-state index in [4.69, 9.17) is 9.47 Å². The molecule has 0 bridgehead atoms. The molecule has 1 aromatic heterocycles. The van der Waals surface area contributed by atoms with E-state index in [1.807, 2.05) is 38.1 Å². The quantitative estimate of drug-likeness (QED) is 0.908. The fourth-order valence-electron chi connectivity index (χ4n) is 3.45. The van der Waals surface area contributed by atoms with Crippen LogP contribution in [-0.2, 0) is 9.47 Å². The van der Waals surface area contributed by atoms with Crippen molar-refractivity contribution in [3.05, 3.63) is 58.9 Å². The number of nitrogens with zero attached hydrogens (tertiary/aromatic N) is 1. The van der Waals surface area contributed by atoms with E-state index in [1.165, 1.54) is 5.56 Å². The first kappa shape index (κ1) is 17.7. The number of carbonyl (C=O) groups is 1. The van der Waals surface area contributed by atoms with Crippen LogP contribution >= 0.6 is 0 Å². The minimum atomic E-state index is -0.0466. The van der Waals surface area contributed by atoms with E-state index >= 15 is 0 Å². The molecule has 0 radical (unpaired) electrons. The van der Waals surface area contributed by atoms with Crippen LogP contribution in [0.4, 0.5) is 0 Å². The van der Waals surface area contributed by atoms with Gasteiger partial charge in [-0.3, -0.25) is 4.79 Å². The largest absolute Gasteiger partial charge is 0.355 e. The van der Waals surface area contributed by atoms with Crippen molar-refractivity contribution in [1.29, 1.82) is 0 Å². The average Bonchev–Trinajstić information content (AvgIpc) is 2.95. The Hall–Kier alpha value is -2.11. The minimum Gasteiger partial charge on any atom is -0.355 e. The normalized spacial score (nSPS) is 18.8. The highest BCUT2D eigenvalue weighted by Crippen LogP contribution is 2.25. The van der Waals surface area contributed by atoms with Crippen LogP contribution in [0.2, 0.25) is 0 Å². The van der Waals surface area contributed by atoms with Crippen molar-refractivity contribution in [2.45, 2.75) is 39.3 Å². The molecule has 0 unspecified atom stereocenters. The van der Waals surface area contributed by atoms with E-state index in [-0.39, 0.29) is 18.1 Å². The molecular weight excluding hydrogens is 316 g/mol. The van der Waals surface area contributed by atoms with E-state index < -0.39 is 0 Å². The molecule has 0 spiro atoms. The summed E-state index contributed by atoms with van der Waals surface area (Å²) in [5.74, 6) is -0.0466. The van der Waals surface area contributed by atoms with Gasteiger partial charge < -0.3 is 19.4 Å². The highest BCUT2D eigenvalue weighted by molar-refractivity contribution is 5.95. The zero-order valence-electron chi connectivity index (χ0n) is 15.1. The summed E-state index contributed by atoms with van der Waals surface area (Å²) in [5.41, 5.74) is 4.03. The number of aromatic nitrogens is 1. The van der Waals surface area contributed by atoms with E-state index in [2.05, 4.69) is 28.9 Å². The lowest BCUT2D eigenvalue weighted by atomic mass is 10.1. The standard InChI is InChI=1S/C20H26N2O3/c1-14-11-19(20(23)21-12-18-9-10-24-13-25-18)16(3)22(14)15(2)17-7-5-4-6-8-17/h4-8,11,15,18H,9-10,12-13H2,1-3H3,(H,21,23)/t15-,18-/m1/s1. The van der Waals surface area contributed by atoms with Gasteiger partial charge in [-0.25, -0.2) is 0 Å². The maximum atomic E-state index is 12.6. The number of amides is 1. The lowest BCUT2D eigenvalue weighted by Gasteiger charge is -2.23. The molecule has 2 atom stereocenters. The molecule has 0 saturated carbocycles. The summed E-state index contributed by atoms with van der Waals surface area (Å²) in [7, 11) is 0. The summed E-state index contributed by atoms with van der Waals surface area (Å²) in [5, 5.41) is 3.00. The van der Waals surface area contributed by atoms with Gasteiger partial charge in [-0.1, -0.05) is 30.3 Å².